The summed E-state index contributed by atoms with van der Waals surface area (Å²) >= 11 is 0. The molecule has 0 unspecified atom stereocenters. The Morgan fingerprint density at radius 1 is 0.938 bits per heavy atom. The second kappa shape index (κ2) is 2.64. The van der Waals surface area contributed by atoms with Gasteiger partial charge in [-0.05, 0) is 18.2 Å². The Labute approximate surface area is 91.1 Å². The molecule has 0 amide bonds. The zero-order valence-electron chi connectivity index (χ0n) is 8.49. The lowest BCUT2D eigenvalue weighted by Crippen LogP contribution is -1.76. The van der Waals surface area contributed by atoms with Gasteiger partial charge < -0.3 is 9.97 Å². The number of benzene rings is 1. The summed E-state index contributed by atoms with van der Waals surface area (Å²) in [5.41, 5.74) is 5.34. The van der Waals surface area contributed by atoms with E-state index in [9.17, 15) is 0 Å². The number of nitrogens with one attached hydrogen (secondary N) is 2. The van der Waals surface area contributed by atoms with Crippen LogP contribution in [0.1, 0.15) is 0 Å². The molecular formula is C13H9N3. The van der Waals surface area contributed by atoms with Crippen molar-refractivity contribution in [1.29, 1.82) is 0 Å². The number of hydrogen-bond acceptors (Lipinski definition) is 1. The molecule has 3 aromatic heterocycles. The van der Waals surface area contributed by atoms with Crippen molar-refractivity contribution in [3.63, 3.8) is 0 Å². The number of rotatable bonds is 0. The molecule has 0 bridgehead atoms. The highest BCUT2D eigenvalue weighted by atomic mass is 14.8. The van der Waals surface area contributed by atoms with Gasteiger partial charge in [-0.25, -0.2) is 4.98 Å². The Morgan fingerprint density at radius 2 is 1.88 bits per heavy atom. The van der Waals surface area contributed by atoms with Crippen LogP contribution in [0.25, 0.3) is 33.0 Å². The van der Waals surface area contributed by atoms with E-state index in [2.05, 4.69) is 33.2 Å². The summed E-state index contributed by atoms with van der Waals surface area (Å²) in [6.45, 7) is 0. The minimum atomic E-state index is 1.01. The second-order valence-electron chi connectivity index (χ2n) is 3.97. The predicted molar refractivity (Wildman–Crippen MR) is 65.5 cm³/mol. The summed E-state index contributed by atoms with van der Waals surface area (Å²) in [5, 5.41) is 1.18. The van der Waals surface area contributed by atoms with Gasteiger partial charge in [-0.15, -0.1) is 0 Å². The average molecular weight is 207 g/mol. The minimum Gasteiger partial charge on any atom is -0.360 e. The van der Waals surface area contributed by atoms with Gasteiger partial charge in [0.1, 0.15) is 0 Å². The standard InChI is InChI=1S/C13H9N3/c1-2-4-9-8(3-1)13-12(15-9)7-11-10(16-13)5-6-14-11/h1-7,14-15H. The van der Waals surface area contributed by atoms with Crippen molar-refractivity contribution in [2.24, 2.45) is 0 Å². The molecule has 3 heteroatoms. The van der Waals surface area contributed by atoms with Gasteiger partial charge in [0.25, 0.3) is 0 Å². The molecule has 0 saturated heterocycles. The highest BCUT2D eigenvalue weighted by molar-refractivity contribution is 6.07. The molecule has 76 valence electrons. The molecule has 0 aliphatic heterocycles. The molecule has 4 rings (SSSR count). The summed E-state index contributed by atoms with van der Waals surface area (Å²) in [5.74, 6) is 0. The highest BCUT2D eigenvalue weighted by Gasteiger charge is 2.06. The summed E-state index contributed by atoms with van der Waals surface area (Å²) in [4.78, 5) is 11.2. The molecule has 1 aromatic carbocycles. The third kappa shape index (κ3) is 0.896. The predicted octanol–water partition coefficient (Wildman–Crippen LogP) is 3.20. The fourth-order valence-electron chi connectivity index (χ4n) is 2.22. The minimum absolute atomic E-state index is 1.01. The zero-order chi connectivity index (χ0) is 10.5. The van der Waals surface area contributed by atoms with Crippen molar-refractivity contribution < 1.29 is 0 Å². The van der Waals surface area contributed by atoms with Gasteiger partial charge in [0.15, 0.2) is 0 Å². The van der Waals surface area contributed by atoms with Crippen molar-refractivity contribution in [2.75, 3.05) is 0 Å². The number of aromatic nitrogens is 3. The number of pyridine rings is 1. The molecule has 3 heterocycles. The van der Waals surface area contributed by atoms with Crippen LogP contribution in [0, 0.1) is 0 Å². The van der Waals surface area contributed by atoms with Crippen LogP contribution in [0.5, 0.6) is 0 Å². The Morgan fingerprint density at radius 3 is 2.88 bits per heavy atom. The fraction of sp³-hybridized carbons (Fsp3) is 0. The van der Waals surface area contributed by atoms with Crippen LogP contribution in [0.2, 0.25) is 0 Å². The van der Waals surface area contributed by atoms with Gasteiger partial charge in [-0.1, -0.05) is 18.2 Å². The lowest BCUT2D eigenvalue weighted by molar-refractivity contribution is 1.45. The molecular weight excluding hydrogens is 198 g/mol. The zero-order valence-corrected chi connectivity index (χ0v) is 8.49. The number of nitrogens with zero attached hydrogens (tertiary/aromatic N) is 1. The fourth-order valence-corrected chi connectivity index (χ4v) is 2.22. The van der Waals surface area contributed by atoms with Crippen LogP contribution in [0.15, 0.2) is 42.6 Å². The third-order valence-corrected chi connectivity index (χ3v) is 2.98. The van der Waals surface area contributed by atoms with E-state index in [1.165, 1.54) is 5.39 Å². The molecule has 16 heavy (non-hydrogen) atoms. The van der Waals surface area contributed by atoms with Crippen molar-refractivity contribution in [1.82, 2.24) is 15.0 Å². The highest BCUT2D eigenvalue weighted by Crippen LogP contribution is 2.25. The largest absolute Gasteiger partial charge is 0.360 e. The van der Waals surface area contributed by atoms with E-state index in [4.69, 9.17) is 0 Å². The van der Waals surface area contributed by atoms with E-state index in [1.54, 1.807) is 0 Å². The Balaban J connectivity index is 2.32. The number of aromatic amines is 2. The number of para-hydroxylation sites is 1. The van der Waals surface area contributed by atoms with E-state index in [0.29, 0.717) is 0 Å². The van der Waals surface area contributed by atoms with E-state index in [1.807, 2.05) is 24.4 Å². The van der Waals surface area contributed by atoms with Crippen molar-refractivity contribution in [2.45, 2.75) is 0 Å². The first-order valence-corrected chi connectivity index (χ1v) is 5.26. The maximum absolute atomic E-state index is 4.66. The van der Waals surface area contributed by atoms with E-state index < -0.39 is 0 Å². The normalized spacial score (nSPS) is 11.8. The lowest BCUT2D eigenvalue weighted by Gasteiger charge is -1.91. The molecule has 0 radical (unpaired) electrons. The molecule has 0 fully saturated rings. The first-order chi connectivity index (χ1) is 7.92. The van der Waals surface area contributed by atoms with E-state index in [-0.39, 0.29) is 0 Å². The van der Waals surface area contributed by atoms with Gasteiger partial charge in [0, 0.05) is 17.1 Å². The molecule has 0 aliphatic rings. The van der Waals surface area contributed by atoms with Gasteiger partial charge in [-0.3, -0.25) is 0 Å². The maximum Gasteiger partial charge on any atom is 0.0966 e. The number of fused-ring (bicyclic) bond motifs is 4. The van der Waals surface area contributed by atoms with Gasteiger partial charge >= 0.3 is 0 Å². The van der Waals surface area contributed by atoms with Crippen molar-refractivity contribution in [3.05, 3.63) is 42.6 Å². The van der Waals surface area contributed by atoms with Crippen molar-refractivity contribution >= 4 is 33.0 Å². The number of hydrogen-bond donors (Lipinski definition) is 2. The van der Waals surface area contributed by atoms with Crippen LogP contribution in [0.3, 0.4) is 0 Å². The van der Waals surface area contributed by atoms with Crippen LogP contribution < -0.4 is 0 Å². The molecule has 0 atom stereocenters. The lowest BCUT2D eigenvalue weighted by atomic mass is 10.2. The number of H-pyrrole nitrogens is 2. The van der Waals surface area contributed by atoms with Crippen LogP contribution in [-0.2, 0) is 0 Å². The Bertz CT molecular complexity index is 808. The molecule has 0 spiro atoms. The quantitative estimate of drug-likeness (QED) is 0.457. The third-order valence-electron chi connectivity index (χ3n) is 2.98. The monoisotopic (exact) mass is 207 g/mol. The van der Waals surface area contributed by atoms with Crippen LogP contribution in [-0.4, -0.2) is 15.0 Å². The maximum atomic E-state index is 4.66. The summed E-state index contributed by atoms with van der Waals surface area (Å²) < 4.78 is 0. The van der Waals surface area contributed by atoms with Gasteiger partial charge in [0.2, 0.25) is 0 Å². The average Bonchev–Trinajstić information content (AvgIpc) is 2.88. The molecule has 0 saturated carbocycles. The topological polar surface area (TPSA) is 44.5 Å². The summed E-state index contributed by atoms with van der Waals surface area (Å²) in [7, 11) is 0. The molecule has 0 aliphatic carbocycles. The van der Waals surface area contributed by atoms with Crippen LogP contribution >= 0.6 is 0 Å². The molecule has 4 aromatic rings. The van der Waals surface area contributed by atoms with Gasteiger partial charge in [-0.2, -0.15) is 0 Å². The molecule has 3 nitrogen and oxygen atoms in total. The van der Waals surface area contributed by atoms with Crippen molar-refractivity contribution in [3.8, 4) is 0 Å². The smallest absolute Gasteiger partial charge is 0.0966 e. The van der Waals surface area contributed by atoms with Gasteiger partial charge in [0.05, 0.1) is 22.1 Å². The Hall–Kier alpha value is -2.29. The van der Waals surface area contributed by atoms with E-state index in [0.717, 1.165) is 27.6 Å². The molecule has 2 N–H and O–H groups in total. The summed E-state index contributed by atoms with van der Waals surface area (Å²) in [6, 6.07) is 12.3. The van der Waals surface area contributed by atoms with E-state index >= 15 is 0 Å². The second-order valence-corrected chi connectivity index (χ2v) is 3.97. The first kappa shape index (κ1) is 7.93. The Kier molecular flexibility index (Phi) is 1.31. The first-order valence-electron chi connectivity index (χ1n) is 5.26. The SMILES string of the molecule is c1ccc2c(c1)[nH]c1cc3[nH]ccc3nc12. The summed E-state index contributed by atoms with van der Waals surface area (Å²) in [6.07, 6.45) is 1.92. The van der Waals surface area contributed by atoms with Crippen LogP contribution in [0.4, 0.5) is 0 Å².